The summed E-state index contributed by atoms with van der Waals surface area (Å²) in [6.07, 6.45) is -4.42. The molecular formula is C9H7F4NO4. The monoisotopic (exact) mass is 269 g/mol. The standard InChI is InChI=1S/C9H7F4NO4/c1-17-8(16)5-3-14-7(18-9(11,12)13)4(2-10)6(5)15/h3H,2H2,1H3,(H,14,15). The minimum Gasteiger partial charge on any atom is -0.465 e. The highest BCUT2D eigenvalue weighted by Crippen LogP contribution is 2.23. The van der Waals surface area contributed by atoms with Gasteiger partial charge in [0.1, 0.15) is 12.2 Å². The second kappa shape index (κ2) is 5.07. The lowest BCUT2D eigenvalue weighted by atomic mass is 10.2. The summed E-state index contributed by atoms with van der Waals surface area (Å²) < 4.78 is 56.1. The summed E-state index contributed by atoms with van der Waals surface area (Å²) in [5.74, 6) is -2.19. The van der Waals surface area contributed by atoms with Gasteiger partial charge in [-0.3, -0.25) is 4.79 Å². The first-order valence-corrected chi connectivity index (χ1v) is 4.44. The molecule has 5 nitrogen and oxygen atoms in total. The smallest absolute Gasteiger partial charge is 0.465 e. The number of aromatic nitrogens is 1. The highest BCUT2D eigenvalue weighted by Gasteiger charge is 2.33. The van der Waals surface area contributed by atoms with Gasteiger partial charge in [-0.05, 0) is 0 Å². The average Bonchev–Trinajstić information content (AvgIpc) is 2.26. The minimum atomic E-state index is -5.08. The van der Waals surface area contributed by atoms with Crippen molar-refractivity contribution < 1.29 is 31.8 Å². The quantitative estimate of drug-likeness (QED) is 0.667. The Morgan fingerprint density at radius 1 is 1.44 bits per heavy atom. The zero-order valence-corrected chi connectivity index (χ0v) is 8.93. The SMILES string of the molecule is COC(=O)c1c[nH]c(OC(F)(F)F)c(CF)c1=O. The number of nitrogens with one attached hydrogen (secondary N) is 1. The molecule has 0 saturated heterocycles. The van der Waals surface area contributed by atoms with Gasteiger partial charge < -0.3 is 14.5 Å². The molecule has 0 bridgehead atoms. The molecule has 0 radical (unpaired) electrons. The van der Waals surface area contributed by atoms with E-state index in [9.17, 15) is 27.2 Å². The fourth-order valence-electron chi connectivity index (χ4n) is 1.15. The number of hydrogen-bond donors (Lipinski definition) is 1. The highest BCUT2D eigenvalue weighted by atomic mass is 19.4. The van der Waals surface area contributed by atoms with Crippen molar-refractivity contribution in [2.75, 3.05) is 7.11 Å². The Labute approximate surface area is 97.3 Å². The fourth-order valence-corrected chi connectivity index (χ4v) is 1.15. The van der Waals surface area contributed by atoms with Crippen molar-refractivity contribution in [3.63, 3.8) is 0 Å². The van der Waals surface area contributed by atoms with E-state index < -0.39 is 41.4 Å². The number of pyridine rings is 1. The maximum Gasteiger partial charge on any atom is 0.574 e. The van der Waals surface area contributed by atoms with Crippen molar-refractivity contribution in [2.24, 2.45) is 0 Å². The summed E-state index contributed by atoms with van der Waals surface area (Å²) in [4.78, 5) is 24.5. The molecule has 9 heteroatoms. The Morgan fingerprint density at radius 2 is 2.06 bits per heavy atom. The molecule has 0 atom stereocenters. The van der Waals surface area contributed by atoms with Gasteiger partial charge in [0, 0.05) is 6.20 Å². The summed E-state index contributed by atoms with van der Waals surface area (Å²) in [5.41, 5.74) is -2.77. The van der Waals surface area contributed by atoms with Gasteiger partial charge in [0.15, 0.2) is 0 Å². The van der Waals surface area contributed by atoms with Crippen LogP contribution in [0.4, 0.5) is 17.6 Å². The molecule has 0 aliphatic rings. The molecule has 1 rings (SSSR count). The number of carbonyl (C=O) groups excluding carboxylic acids is 1. The Hall–Kier alpha value is -2.06. The van der Waals surface area contributed by atoms with Gasteiger partial charge in [-0.25, -0.2) is 9.18 Å². The molecule has 0 aromatic carbocycles. The van der Waals surface area contributed by atoms with Gasteiger partial charge in [0.2, 0.25) is 11.3 Å². The van der Waals surface area contributed by atoms with Gasteiger partial charge in [-0.1, -0.05) is 0 Å². The first-order chi connectivity index (χ1) is 8.30. The third-order valence-corrected chi connectivity index (χ3v) is 1.90. The lowest BCUT2D eigenvalue weighted by Gasteiger charge is -2.11. The van der Waals surface area contributed by atoms with E-state index in [1.54, 1.807) is 0 Å². The van der Waals surface area contributed by atoms with E-state index in [2.05, 4.69) is 9.47 Å². The van der Waals surface area contributed by atoms with E-state index in [1.807, 2.05) is 4.98 Å². The lowest BCUT2D eigenvalue weighted by molar-refractivity contribution is -0.276. The molecule has 0 amide bonds. The third-order valence-electron chi connectivity index (χ3n) is 1.90. The molecule has 1 aromatic rings. The molecule has 100 valence electrons. The number of alkyl halides is 4. The molecule has 1 N–H and O–H groups in total. The first kappa shape index (κ1) is 14.0. The largest absolute Gasteiger partial charge is 0.574 e. The maximum atomic E-state index is 12.5. The van der Waals surface area contributed by atoms with Crippen LogP contribution in [0.5, 0.6) is 5.88 Å². The summed E-state index contributed by atoms with van der Waals surface area (Å²) >= 11 is 0. The van der Waals surface area contributed by atoms with Gasteiger partial charge in [0.05, 0.1) is 12.7 Å². The van der Waals surface area contributed by atoms with Gasteiger partial charge in [0.25, 0.3) is 0 Å². The van der Waals surface area contributed by atoms with Crippen LogP contribution in [0.2, 0.25) is 0 Å². The fraction of sp³-hybridized carbons (Fsp3) is 0.333. The normalized spacial score (nSPS) is 11.2. The van der Waals surface area contributed by atoms with Crippen molar-refractivity contribution in [3.05, 3.63) is 27.5 Å². The molecule has 0 fully saturated rings. The van der Waals surface area contributed by atoms with E-state index >= 15 is 0 Å². The van der Waals surface area contributed by atoms with E-state index in [0.717, 1.165) is 7.11 Å². The Morgan fingerprint density at radius 3 is 2.50 bits per heavy atom. The van der Waals surface area contributed by atoms with Crippen LogP contribution < -0.4 is 10.2 Å². The predicted molar refractivity (Wildman–Crippen MR) is 49.9 cm³/mol. The minimum absolute atomic E-state index is 0.611. The number of rotatable bonds is 3. The molecule has 0 spiro atoms. The van der Waals surface area contributed by atoms with E-state index in [-0.39, 0.29) is 0 Å². The predicted octanol–water partition coefficient (Wildman–Crippen LogP) is 1.53. The van der Waals surface area contributed by atoms with Gasteiger partial charge in [-0.15, -0.1) is 13.2 Å². The molecule has 18 heavy (non-hydrogen) atoms. The highest BCUT2D eigenvalue weighted by molar-refractivity contribution is 5.89. The van der Waals surface area contributed by atoms with Crippen molar-refractivity contribution in [1.29, 1.82) is 0 Å². The molecule has 0 saturated carbocycles. The zero-order chi connectivity index (χ0) is 13.9. The van der Waals surface area contributed by atoms with E-state index in [1.165, 1.54) is 0 Å². The Bertz CT molecular complexity index is 508. The van der Waals surface area contributed by atoms with Crippen LogP contribution in [0.15, 0.2) is 11.0 Å². The second-order valence-electron chi connectivity index (χ2n) is 3.01. The molecule has 0 unspecified atom stereocenters. The first-order valence-electron chi connectivity index (χ1n) is 4.44. The van der Waals surface area contributed by atoms with Gasteiger partial charge >= 0.3 is 12.3 Å². The second-order valence-corrected chi connectivity index (χ2v) is 3.01. The Balaban J connectivity index is 3.30. The number of aromatic amines is 1. The lowest BCUT2D eigenvalue weighted by Crippen LogP contribution is -2.25. The number of methoxy groups -OCH3 is 1. The summed E-state index contributed by atoms with van der Waals surface area (Å²) in [6, 6.07) is 0. The molecule has 1 aromatic heterocycles. The van der Waals surface area contributed by atoms with E-state index in [4.69, 9.17) is 0 Å². The zero-order valence-electron chi connectivity index (χ0n) is 8.93. The number of carbonyl (C=O) groups is 1. The molecule has 1 heterocycles. The van der Waals surface area contributed by atoms with Gasteiger partial charge in [-0.2, -0.15) is 0 Å². The summed E-state index contributed by atoms with van der Waals surface area (Å²) in [5, 5.41) is 0. The molecule has 0 aliphatic carbocycles. The Kier molecular flexibility index (Phi) is 3.94. The van der Waals surface area contributed by atoms with Crippen molar-refractivity contribution in [1.82, 2.24) is 4.98 Å². The molecule has 0 aliphatic heterocycles. The topological polar surface area (TPSA) is 68.4 Å². The number of esters is 1. The average molecular weight is 269 g/mol. The maximum absolute atomic E-state index is 12.5. The van der Waals surface area contributed by atoms with Crippen LogP contribution in [-0.2, 0) is 11.4 Å². The number of ether oxygens (including phenoxy) is 2. The number of H-pyrrole nitrogens is 1. The van der Waals surface area contributed by atoms with Crippen LogP contribution in [0.3, 0.4) is 0 Å². The number of halogens is 4. The van der Waals surface area contributed by atoms with Crippen LogP contribution in [0.1, 0.15) is 15.9 Å². The van der Waals surface area contributed by atoms with Crippen LogP contribution in [0.25, 0.3) is 0 Å². The van der Waals surface area contributed by atoms with E-state index in [0.29, 0.717) is 6.20 Å². The number of hydrogen-bond acceptors (Lipinski definition) is 4. The molecular weight excluding hydrogens is 262 g/mol. The third kappa shape index (κ3) is 2.99. The summed E-state index contributed by atoms with van der Waals surface area (Å²) in [6.45, 7) is -1.52. The van der Waals surface area contributed by atoms with Crippen molar-refractivity contribution in [2.45, 2.75) is 13.0 Å². The van der Waals surface area contributed by atoms with Crippen LogP contribution >= 0.6 is 0 Å². The van der Waals surface area contributed by atoms with Crippen molar-refractivity contribution >= 4 is 5.97 Å². The summed E-state index contributed by atoms with van der Waals surface area (Å²) in [7, 11) is 0.969. The van der Waals surface area contributed by atoms with Crippen LogP contribution in [0, 0.1) is 0 Å². The van der Waals surface area contributed by atoms with Crippen LogP contribution in [-0.4, -0.2) is 24.4 Å². The van der Waals surface area contributed by atoms with Crippen molar-refractivity contribution in [3.8, 4) is 5.88 Å².